The predicted octanol–water partition coefficient (Wildman–Crippen LogP) is 18.8. The van der Waals surface area contributed by atoms with Crippen molar-refractivity contribution in [3.8, 4) is 95.7 Å². The molecule has 10 aromatic carbocycles. The Bertz CT molecular complexity index is 8160. The standard InChI is InChI=1S/C18H15ClN2O2S.C17H14F3N3O3S.C17H14F3N3O2S.C17H14O4S.C16H20N2O3S.C15H12N2O4S/c1-12-3-4-14(10-20-12)18-17(9-15(19)11-21-18)13-5-7-16(8-6-13)24(2,22)23;1-26-16-7-2-10(8-13(16)18)15-9-14(17(19)20)22-23(15)11-3-5-12(6-4-11)27(21,24)25;1-11-2-4-12(5-3-11)15-10-16(17(18,19)20)22-23(15)13-6-8-14(9-7-13)26(21,24)25;1-22(19,20)14-9-7-12(8-10-14)15-11-21-17(18)16(15)13-5-3-2-4-6-13;1-11-18-15(12-5-3-2-4-6-12)16(21-11)13-7-9-14(10-8-13)22(17,19)20;16-22(19,20)12-8-6-10(7-9-12)13-14(17-21-15(13)18)11-4-2-1-3-5-11/h3-11H,1-2H3;2-9,17H,1H3,(H2,21,24,25);2-10H,1H3,(H2,21,24,25);2-10H,11H2,1H3;7-10,12H,2-6H2,1H3,(H2,17,19,20);1-9,17H,(H2,16,19,20). The van der Waals surface area contributed by atoms with E-state index in [1.54, 1.807) is 97.3 Å². The molecule has 0 amide bonds. The Kier molecular flexibility index (Phi) is 32.9. The van der Waals surface area contributed by atoms with E-state index < -0.39 is 95.2 Å². The maximum Gasteiger partial charge on any atom is 0.435 e. The summed E-state index contributed by atoms with van der Waals surface area (Å²) in [4.78, 5) is 37.6. The highest BCUT2D eigenvalue weighted by molar-refractivity contribution is 7.91. The van der Waals surface area contributed by atoms with Crippen molar-refractivity contribution in [2.45, 2.75) is 101 Å². The van der Waals surface area contributed by atoms with Crippen molar-refractivity contribution in [3.05, 3.63) is 358 Å². The van der Waals surface area contributed by atoms with Crippen LogP contribution in [0.25, 0.3) is 101 Å². The van der Waals surface area contributed by atoms with Gasteiger partial charge in [0, 0.05) is 82.4 Å². The number of cyclic esters (lactones) is 1. The molecule has 143 heavy (non-hydrogen) atoms. The van der Waals surface area contributed by atoms with Gasteiger partial charge in [0.15, 0.2) is 48.6 Å². The third-order valence-electron chi connectivity index (χ3n) is 22.2. The Morgan fingerprint density at radius 2 is 0.951 bits per heavy atom. The summed E-state index contributed by atoms with van der Waals surface area (Å²) >= 11 is 6.11. The van der Waals surface area contributed by atoms with E-state index in [4.69, 9.17) is 50.6 Å². The first-order chi connectivity index (χ1) is 67.5. The van der Waals surface area contributed by atoms with Crippen LogP contribution < -0.4 is 30.9 Å². The number of primary sulfonamides is 4. The van der Waals surface area contributed by atoms with Crippen LogP contribution in [0.4, 0.5) is 26.3 Å². The van der Waals surface area contributed by atoms with Crippen LogP contribution in [0.1, 0.15) is 89.8 Å². The SMILES string of the molecule is COc1ccc(-c2cc(C(F)F)nn2-c2ccc(S(N)(=O)=O)cc2)cc1F.CS(=O)(=O)c1ccc(C2=C(c3ccccc3)C(=O)OC2)cc1.Cc1ccc(-c2cc(C(F)(F)F)nn2-c2ccc(S(N)(=O)=O)cc2)cc1.Cc1ccc(-c2ncc(Cl)cc2-c2ccc(S(C)(=O)=O)cc2)cn1.Cc1nc(C2CCCCC2)c(-c2ccc(S(N)(=O)=O)cc2)o1.NS(=O)(=O)c1ccc(-c2c(-c3ccccc3)[nH]oc2=O)cc1. The normalized spacial score (nSPS) is 13.1. The number of esters is 1. The van der Waals surface area contributed by atoms with Crippen LogP contribution in [0, 0.1) is 26.6 Å². The van der Waals surface area contributed by atoms with Gasteiger partial charge in [0.2, 0.25) is 40.1 Å². The summed E-state index contributed by atoms with van der Waals surface area (Å²) in [6.07, 6.45) is 4.26. The molecule has 0 unspecified atom stereocenters. The summed E-state index contributed by atoms with van der Waals surface area (Å²) < 4.78 is 240. The number of aromatic nitrogens is 8. The summed E-state index contributed by atoms with van der Waals surface area (Å²) in [6.45, 7) is 5.83. The molecule has 0 radical (unpaired) electrons. The number of hydrogen-bond donors (Lipinski definition) is 5. The fourth-order valence-corrected chi connectivity index (χ4v) is 18.5. The molecule has 6 aromatic heterocycles. The number of methoxy groups -OCH3 is 1. The number of halogens is 7. The number of sulfone groups is 2. The molecular formula is C100H89ClF6N12O18S6. The average molecular weight is 2090 g/mol. The quantitative estimate of drug-likeness (QED) is 0.0349. The molecule has 1 fully saturated rings. The van der Waals surface area contributed by atoms with Gasteiger partial charge in [0.25, 0.3) is 6.43 Å². The number of benzene rings is 10. The third kappa shape index (κ3) is 26.9. The van der Waals surface area contributed by atoms with Gasteiger partial charge in [-0.3, -0.25) is 9.97 Å². The van der Waals surface area contributed by atoms with Crippen molar-refractivity contribution in [2.75, 3.05) is 26.2 Å². The van der Waals surface area contributed by atoms with E-state index in [1.165, 1.54) is 141 Å². The number of nitrogens with one attached hydrogen (secondary N) is 1. The predicted molar refractivity (Wildman–Crippen MR) is 527 cm³/mol. The van der Waals surface area contributed by atoms with Gasteiger partial charge in [-0.1, -0.05) is 158 Å². The van der Waals surface area contributed by atoms with Gasteiger partial charge in [-0.05, 0) is 207 Å². The van der Waals surface area contributed by atoms with E-state index in [2.05, 4.69) is 30.3 Å². The van der Waals surface area contributed by atoms with Crippen molar-refractivity contribution in [3.63, 3.8) is 0 Å². The van der Waals surface area contributed by atoms with Crippen LogP contribution in [-0.2, 0) is 75.5 Å². The molecule has 1 saturated carbocycles. The fraction of sp³-hybridized carbons (Fsp3) is 0.150. The van der Waals surface area contributed by atoms with E-state index in [0.29, 0.717) is 56.0 Å². The van der Waals surface area contributed by atoms with Gasteiger partial charge in [-0.2, -0.15) is 23.4 Å². The van der Waals surface area contributed by atoms with E-state index in [-0.39, 0.29) is 64.8 Å². The first-order valence-electron chi connectivity index (χ1n) is 42.9. The molecule has 1 aliphatic heterocycles. The molecule has 16 aromatic rings. The average Bonchev–Trinajstić information content (AvgIpc) is 1.65. The minimum absolute atomic E-state index is 0.0106. The summed E-state index contributed by atoms with van der Waals surface area (Å²) in [5.41, 5.74) is 11.9. The lowest BCUT2D eigenvalue weighted by atomic mass is 9.85. The summed E-state index contributed by atoms with van der Waals surface area (Å²) in [5, 5.41) is 30.9. The number of hydrogen-bond acceptors (Lipinski definition) is 23. The number of nitrogens with zero attached hydrogens (tertiary/aromatic N) is 7. The van der Waals surface area contributed by atoms with Crippen molar-refractivity contribution < 1.29 is 100 Å². The first-order valence-corrected chi connectivity index (χ1v) is 53.2. The molecule has 0 spiro atoms. The number of aryl methyl sites for hydroxylation is 3. The molecule has 43 heteroatoms. The number of nitrogens with two attached hydrogens (primary N) is 4. The number of aromatic amines is 1. The zero-order chi connectivity index (χ0) is 103. The van der Waals surface area contributed by atoms with Crippen LogP contribution in [0.5, 0.6) is 5.75 Å². The van der Waals surface area contributed by atoms with Crippen molar-refractivity contribution >= 4 is 88.5 Å². The smallest absolute Gasteiger partial charge is 0.435 e. The molecule has 18 rings (SSSR count). The number of pyridine rings is 2. The Morgan fingerprint density at radius 1 is 0.490 bits per heavy atom. The zero-order valence-corrected chi connectivity index (χ0v) is 82.1. The number of sulfonamides is 4. The number of alkyl halides is 5. The largest absolute Gasteiger partial charge is 0.494 e. The van der Waals surface area contributed by atoms with Gasteiger partial charge >= 0.3 is 17.8 Å². The van der Waals surface area contributed by atoms with Crippen molar-refractivity contribution in [1.82, 2.24) is 39.7 Å². The third-order valence-corrected chi connectivity index (χ3v) is 28.4. The number of H-pyrrole nitrogens is 1. The van der Waals surface area contributed by atoms with Crippen LogP contribution in [0.3, 0.4) is 0 Å². The van der Waals surface area contributed by atoms with Crippen molar-refractivity contribution in [2.24, 2.45) is 20.6 Å². The highest BCUT2D eigenvalue weighted by Gasteiger charge is 2.36. The summed E-state index contributed by atoms with van der Waals surface area (Å²) in [6, 6.07) is 73.0. The molecule has 0 saturated heterocycles. The highest BCUT2D eigenvalue weighted by atomic mass is 35.5. The van der Waals surface area contributed by atoms with Gasteiger partial charge < -0.3 is 18.4 Å². The maximum atomic E-state index is 14.0. The molecule has 2 aliphatic rings. The molecule has 742 valence electrons. The van der Waals surface area contributed by atoms with Crippen LogP contribution >= 0.6 is 11.6 Å². The van der Waals surface area contributed by atoms with Gasteiger partial charge in [0.05, 0.1) is 92.5 Å². The molecule has 30 nitrogen and oxygen atoms in total. The van der Waals surface area contributed by atoms with Gasteiger partial charge in [0.1, 0.15) is 12.3 Å². The maximum absolute atomic E-state index is 14.0. The van der Waals surface area contributed by atoms with E-state index in [9.17, 15) is 86.4 Å². The molecule has 7 heterocycles. The topological polar surface area (TPSA) is 478 Å². The number of rotatable bonds is 20. The minimum atomic E-state index is -4.61. The number of carbonyl (C=O) groups is 1. The lowest BCUT2D eigenvalue weighted by Gasteiger charge is -2.20. The van der Waals surface area contributed by atoms with Crippen LogP contribution in [0.15, 0.2) is 335 Å². The lowest BCUT2D eigenvalue weighted by Crippen LogP contribution is -2.12. The monoisotopic (exact) mass is 2090 g/mol. The van der Waals surface area contributed by atoms with Crippen LogP contribution in [-0.4, -0.2) is 122 Å². The Hall–Kier alpha value is -14.4. The number of ether oxygens (including phenoxy) is 2. The second-order valence-electron chi connectivity index (χ2n) is 32.4. The Labute approximate surface area is 823 Å². The molecule has 1 aliphatic carbocycles. The fourth-order valence-electron chi connectivity index (χ4n) is 15.0. The van der Waals surface area contributed by atoms with Gasteiger partial charge in [-0.25, -0.2) is 113 Å². The molecule has 0 atom stereocenters. The molecule has 0 bridgehead atoms. The minimum Gasteiger partial charge on any atom is -0.494 e. The lowest BCUT2D eigenvalue weighted by molar-refractivity contribution is -0.141. The second-order valence-corrected chi connectivity index (χ2v) is 43.2. The first kappa shape index (κ1) is 106. The van der Waals surface area contributed by atoms with E-state index in [1.807, 2.05) is 99.6 Å². The van der Waals surface area contributed by atoms with Crippen LogP contribution in [0.2, 0.25) is 5.02 Å². The molecular weight excluding hydrogens is 2000 g/mol. The zero-order valence-electron chi connectivity index (χ0n) is 76.5. The van der Waals surface area contributed by atoms with E-state index in [0.717, 1.165) is 109 Å². The number of carbonyl (C=O) groups excluding carboxylic acids is 1. The summed E-state index contributed by atoms with van der Waals surface area (Å²) in [5.74, 6) is 0.825. The second kappa shape index (κ2) is 44.4. The van der Waals surface area contributed by atoms with E-state index >= 15 is 0 Å². The summed E-state index contributed by atoms with van der Waals surface area (Å²) in [7, 11) is -20.4. The highest BCUT2D eigenvalue weighted by Crippen LogP contribution is 2.42. The van der Waals surface area contributed by atoms with Crippen molar-refractivity contribution in [1.29, 1.82) is 0 Å². The van der Waals surface area contributed by atoms with Gasteiger partial charge in [-0.15, -0.1) is 0 Å². The Balaban J connectivity index is 0.000000144. The number of oxazole rings is 1. The molecule has 9 N–H and O–H groups in total. The Morgan fingerprint density at radius 3 is 1.43 bits per heavy atom.